The van der Waals surface area contributed by atoms with Gasteiger partial charge in [-0.3, -0.25) is 4.79 Å². The number of carbonyl (C=O) groups excluding carboxylic acids is 1. The van der Waals surface area contributed by atoms with E-state index < -0.39 is 0 Å². The van der Waals surface area contributed by atoms with Crippen LogP contribution in [0, 0.1) is 5.41 Å². The molecule has 0 aliphatic carbocycles. The monoisotopic (exact) mass is 389 g/mol. The quantitative estimate of drug-likeness (QED) is 0.183. The van der Waals surface area contributed by atoms with Gasteiger partial charge in [-0.15, -0.1) is 0 Å². The second kappa shape index (κ2) is 10.7. The van der Waals surface area contributed by atoms with Crippen LogP contribution in [0.5, 0.6) is 0 Å². The number of nitrogens with one attached hydrogen (secondary N) is 3. The number of rotatable bonds is 14. The summed E-state index contributed by atoms with van der Waals surface area (Å²) in [5.41, 5.74) is -0.316. The van der Waals surface area contributed by atoms with E-state index in [4.69, 9.17) is 9.57 Å². The lowest BCUT2D eigenvalue weighted by Crippen LogP contribution is -2.48. The molecule has 0 aromatic carbocycles. The van der Waals surface area contributed by atoms with Gasteiger partial charge in [0, 0.05) is 25.0 Å². The number of hydrogen-bond acceptors (Lipinski definition) is 5. The first-order chi connectivity index (χ1) is 12.1. The van der Waals surface area contributed by atoms with Gasteiger partial charge in [0.05, 0.1) is 5.60 Å². The highest BCUT2D eigenvalue weighted by Gasteiger charge is 2.30. The Morgan fingerprint density at radius 3 is 2.15 bits per heavy atom. The van der Waals surface area contributed by atoms with Crippen molar-refractivity contribution in [1.82, 2.24) is 16.0 Å². The zero-order valence-electron chi connectivity index (χ0n) is 19.4. The highest BCUT2D eigenvalue weighted by molar-refractivity contribution is 5.76. The van der Waals surface area contributed by atoms with Crippen LogP contribution in [-0.4, -0.2) is 76.3 Å². The fourth-order valence-corrected chi connectivity index (χ4v) is 3.17. The maximum Gasteiger partial charge on any atom is 0.220 e. The molecule has 0 heterocycles. The molecule has 0 rings (SSSR count). The molecule has 0 atom stereocenters. The predicted molar refractivity (Wildman–Crippen MR) is 111 cm³/mol. The van der Waals surface area contributed by atoms with Gasteiger partial charge in [0.15, 0.2) is 0 Å². The molecule has 0 aromatic heterocycles. The third-order valence-electron chi connectivity index (χ3n) is 4.47. The molecule has 0 radical (unpaired) electrons. The van der Waals surface area contributed by atoms with Crippen molar-refractivity contribution in [2.24, 2.45) is 5.41 Å². The molecule has 0 bridgehead atoms. The standard InChI is InChI=1S/C20H44N4O3/c1-18(2,14-19(3,4)22-8)13-17(25)23-11-12-27-24(9,10)16-26-20(5,6)15-21-7/h21-22H,11-16H2,1-10H3/p+1. The van der Waals surface area contributed by atoms with E-state index in [-0.39, 0.29) is 27.1 Å². The second-order valence-electron chi connectivity index (χ2n) is 9.97. The van der Waals surface area contributed by atoms with E-state index in [1.54, 1.807) is 0 Å². The molecule has 0 unspecified atom stereocenters. The van der Waals surface area contributed by atoms with E-state index in [0.717, 1.165) is 13.0 Å². The van der Waals surface area contributed by atoms with Crippen LogP contribution in [0.25, 0.3) is 0 Å². The average molecular weight is 390 g/mol. The molecule has 0 saturated heterocycles. The Morgan fingerprint density at radius 2 is 1.63 bits per heavy atom. The van der Waals surface area contributed by atoms with Crippen molar-refractivity contribution in [3.8, 4) is 0 Å². The lowest BCUT2D eigenvalue weighted by molar-refractivity contribution is -1.09. The maximum atomic E-state index is 12.3. The summed E-state index contributed by atoms with van der Waals surface area (Å²) in [5.74, 6) is 0.0622. The van der Waals surface area contributed by atoms with Crippen molar-refractivity contribution >= 4 is 5.91 Å². The number of likely N-dealkylation sites (N-methyl/N-ethyl adjacent to an activating group) is 1. The number of carbonyl (C=O) groups is 1. The Hall–Kier alpha value is -0.730. The van der Waals surface area contributed by atoms with Gasteiger partial charge in [-0.1, -0.05) is 13.8 Å². The van der Waals surface area contributed by atoms with Crippen LogP contribution >= 0.6 is 0 Å². The third kappa shape index (κ3) is 13.1. The van der Waals surface area contributed by atoms with E-state index in [2.05, 4.69) is 43.6 Å². The molecule has 0 aliphatic heterocycles. The second-order valence-corrected chi connectivity index (χ2v) is 9.97. The van der Waals surface area contributed by atoms with E-state index in [1.165, 1.54) is 0 Å². The van der Waals surface area contributed by atoms with E-state index in [9.17, 15) is 4.79 Å². The van der Waals surface area contributed by atoms with Crippen LogP contribution < -0.4 is 16.0 Å². The summed E-state index contributed by atoms with van der Waals surface area (Å²) in [4.78, 5) is 18.1. The number of ether oxygens (including phenoxy) is 1. The van der Waals surface area contributed by atoms with Crippen LogP contribution in [0.1, 0.15) is 54.4 Å². The minimum atomic E-state index is -0.255. The fraction of sp³-hybridized carbons (Fsp3) is 0.950. The molecule has 0 saturated carbocycles. The summed E-state index contributed by atoms with van der Waals surface area (Å²) in [6.45, 7) is 14.8. The van der Waals surface area contributed by atoms with Crippen LogP contribution in [0.4, 0.5) is 0 Å². The van der Waals surface area contributed by atoms with Crippen molar-refractivity contribution in [1.29, 1.82) is 0 Å². The molecular weight excluding hydrogens is 344 g/mol. The molecule has 0 spiro atoms. The smallest absolute Gasteiger partial charge is 0.220 e. The topological polar surface area (TPSA) is 71.6 Å². The van der Waals surface area contributed by atoms with Crippen molar-refractivity contribution < 1.29 is 19.0 Å². The number of nitrogens with zero attached hydrogens (tertiary/aromatic N) is 1. The van der Waals surface area contributed by atoms with Gasteiger partial charge in [0.25, 0.3) is 0 Å². The normalized spacial score (nSPS) is 13.7. The lowest BCUT2D eigenvalue weighted by Gasteiger charge is -2.34. The Kier molecular flexibility index (Phi) is 10.4. The average Bonchev–Trinajstić information content (AvgIpc) is 2.48. The van der Waals surface area contributed by atoms with E-state index in [1.807, 2.05) is 42.0 Å². The molecule has 0 aromatic rings. The molecule has 7 heteroatoms. The van der Waals surface area contributed by atoms with E-state index >= 15 is 0 Å². The van der Waals surface area contributed by atoms with Crippen LogP contribution in [0.2, 0.25) is 0 Å². The SMILES string of the molecule is CNCC(C)(C)OC[N+](C)(C)OCCNC(=O)CC(C)(C)CC(C)(C)NC. The van der Waals surface area contributed by atoms with Crippen molar-refractivity contribution in [2.75, 3.05) is 54.6 Å². The van der Waals surface area contributed by atoms with Gasteiger partial charge in [0.2, 0.25) is 12.6 Å². The molecular formula is C20H45N4O3+. The summed E-state index contributed by atoms with van der Waals surface area (Å²) in [6, 6.07) is 0. The largest absolute Gasteiger partial charge is 0.354 e. The Balaban J connectivity index is 4.20. The van der Waals surface area contributed by atoms with Crippen molar-refractivity contribution in [3.63, 3.8) is 0 Å². The third-order valence-corrected chi connectivity index (χ3v) is 4.47. The van der Waals surface area contributed by atoms with Crippen molar-refractivity contribution in [3.05, 3.63) is 0 Å². The Morgan fingerprint density at radius 1 is 1.04 bits per heavy atom. The zero-order chi connectivity index (χ0) is 21.4. The molecule has 162 valence electrons. The maximum absolute atomic E-state index is 12.3. The number of hydrogen-bond donors (Lipinski definition) is 3. The van der Waals surface area contributed by atoms with Gasteiger partial charge >= 0.3 is 0 Å². The van der Waals surface area contributed by atoms with E-state index in [0.29, 0.717) is 26.3 Å². The summed E-state index contributed by atoms with van der Waals surface area (Å²) >= 11 is 0. The number of amides is 1. The zero-order valence-corrected chi connectivity index (χ0v) is 19.4. The summed E-state index contributed by atoms with van der Waals surface area (Å²) in [5, 5.41) is 9.38. The van der Waals surface area contributed by atoms with Crippen LogP contribution in [0.15, 0.2) is 0 Å². The number of quaternary nitrogens is 1. The molecule has 7 nitrogen and oxygen atoms in total. The molecule has 3 N–H and O–H groups in total. The summed E-state index contributed by atoms with van der Waals surface area (Å²) < 4.78 is 6.21. The number of hydroxylamine groups is 3. The first-order valence-corrected chi connectivity index (χ1v) is 9.85. The van der Waals surface area contributed by atoms with Gasteiger partial charge in [0.1, 0.15) is 20.7 Å². The highest BCUT2D eigenvalue weighted by Crippen LogP contribution is 2.30. The Labute approximate surface area is 167 Å². The lowest BCUT2D eigenvalue weighted by atomic mass is 9.77. The van der Waals surface area contributed by atoms with Gasteiger partial charge in [-0.05, 0) is 53.6 Å². The fourth-order valence-electron chi connectivity index (χ4n) is 3.17. The van der Waals surface area contributed by atoms with Crippen molar-refractivity contribution in [2.45, 2.75) is 65.5 Å². The first kappa shape index (κ1) is 26.3. The first-order valence-electron chi connectivity index (χ1n) is 9.85. The minimum absolute atomic E-state index is 0.00939. The van der Waals surface area contributed by atoms with Crippen LogP contribution in [-0.2, 0) is 14.4 Å². The molecule has 27 heavy (non-hydrogen) atoms. The van der Waals surface area contributed by atoms with Gasteiger partial charge in [-0.25, -0.2) is 0 Å². The van der Waals surface area contributed by atoms with Crippen LogP contribution in [0.3, 0.4) is 0 Å². The summed E-state index contributed by atoms with van der Waals surface area (Å²) in [6.07, 6.45) is 1.42. The molecule has 0 aliphatic rings. The highest BCUT2D eigenvalue weighted by atomic mass is 16.7. The molecule has 0 fully saturated rings. The predicted octanol–water partition coefficient (Wildman–Crippen LogP) is 1.89. The minimum Gasteiger partial charge on any atom is -0.354 e. The molecule has 1 amide bonds. The van der Waals surface area contributed by atoms with Gasteiger partial charge < -0.3 is 20.7 Å². The Bertz CT molecular complexity index is 449. The summed E-state index contributed by atoms with van der Waals surface area (Å²) in [7, 11) is 7.75. The van der Waals surface area contributed by atoms with Gasteiger partial charge in [-0.2, -0.15) is 9.48 Å².